The first-order valence-corrected chi connectivity index (χ1v) is 6.88. The number of hydrogen-bond acceptors (Lipinski definition) is 3. The fourth-order valence-electron chi connectivity index (χ4n) is 2.05. The third-order valence-electron chi connectivity index (χ3n) is 3.07. The topological polar surface area (TPSA) is 55.0 Å². The number of aromatic nitrogens is 2. The van der Waals surface area contributed by atoms with Gasteiger partial charge in [-0.2, -0.15) is 0 Å². The Hall–Kier alpha value is -2.10. The molecule has 2 rings (SSSR count). The lowest BCUT2D eigenvalue weighted by Gasteiger charge is -2.11. The Kier molecular flexibility index (Phi) is 4.23. The first-order chi connectivity index (χ1) is 9.51. The van der Waals surface area contributed by atoms with Crippen molar-refractivity contribution in [2.24, 2.45) is 0 Å². The van der Waals surface area contributed by atoms with Gasteiger partial charge in [0.25, 0.3) is 5.56 Å². The van der Waals surface area contributed by atoms with Crippen molar-refractivity contribution in [3.05, 3.63) is 45.9 Å². The molecule has 1 aromatic heterocycles. The molecule has 0 fully saturated rings. The van der Waals surface area contributed by atoms with Gasteiger partial charge in [-0.3, -0.25) is 4.79 Å². The molecule has 0 aliphatic rings. The van der Waals surface area contributed by atoms with E-state index in [4.69, 9.17) is 4.74 Å². The zero-order chi connectivity index (χ0) is 14.7. The van der Waals surface area contributed by atoms with Gasteiger partial charge < -0.3 is 9.72 Å². The minimum absolute atomic E-state index is 0.0815. The van der Waals surface area contributed by atoms with Crippen LogP contribution in [0.15, 0.2) is 29.1 Å². The van der Waals surface area contributed by atoms with Crippen LogP contribution in [0, 0.1) is 6.92 Å². The Morgan fingerprint density at radius 1 is 1.35 bits per heavy atom. The lowest BCUT2D eigenvalue weighted by atomic mass is 10.1. The van der Waals surface area contributed by atoms with E-state index in [0.29, 0.717) is 11.4 Å². The second-order valence-corrected chi connectivity index (χ2v) is 5.03. The molecule has 20 heavy (non-hydrogen) atoms. The SMILES string of the molecule is CCc1nc(-c2cccc(OC(C)C)c2)[nH]c(=O)c1C. The number of H-pyrrole nitrogens is 1. The van der Waals surface area contributed by atoms with Gasteiger partial charge in [-0.15, -0.1) is 0 Å². The number of benzene rings is 1. The van der Waals surface area contributed by atoms with E-state index in [9.17, 15) is 4.79 Å². The van der Waals surface area contributed by atoms with E-state index >= 15 is 0 Å². The van der Waals surface area contributed by atoms with Gasteiger partial charge in [0.05, 0.1) is 11.8 Å². The number of rotatable bonds is 4. The van der Waals surface area contributed by atoms with E-state index < -0.39 is 0 Å². The van der Waals surface area contributed by atoms with E-state index in [-0.39, 0.29) is 11.7 Å². The lowest BCUT2D eigenvalue weighted by molar-refractivity contribution is 0.242. The van der Waals surface area contributed by atoms with Crippen LogP contribution in [0.5, 0.6) is 5.75 Å². The fourth-order valence-corrected chi connectivity index (χ4v) is 2.05. The van der Waals surface area contributed by atoms with Gasteiger partial charge in [0.2, 0.25) is 0 Å². The molecule has 1 aromatic carbocycles. The van der Waals surface area contributed by atoms with Gasteiger partial charge in [-0.05, 0) is 39.3 Å². The van der Waals surface area contributed by atoms with Gasteiger partial charge >= 0.3 is 0 Å². The summed E-state index contributed by atoms with van der Waals surface area (Å²) in [5, 5.41) is 0. The Morgan fingerprint density at radius 3 is 2.75 bits per heavy atom. The smallest absolute Gasteiger partial charge is 0.254 e. The van der Waals surface area contributed by atoms with Crippen molar-refractivity contribution in [1.82, 2.24) is 9.97 Å². The molecule has 0 aliphatic heterocycles. The van der Waals surface area contributed by atoms with Crippen LogP contribution >= 0.6 is 0 Å². The van der Waals surface area contributed by atoms with Crippen molar-refractivity contribution in [2.45, 2.75) is 40.2 Å². The maximum atomic E-state index is 11.9. The van der Waals surface area contributed by atoms with Crippen LogP contribution in [0.1, 0.15) is 32.0 Å². The maximum Gasteiger partial charge on any atom is 0.254 e. The van der Waals surface area contributed by atoms with E-state index in [2.05, 4.69) is 9.97 Å². The average Bonchev–Trinajstić information content (AvgIpc) is 2.41. The Bertz CT molecular complexity index is 660. The van der Waals surface area contributed by atoms with Crippen LogP contribution in [-0.2, 0) is 6.42 Å². The van der Waals surface area contributed by atoms with Crippen molar-refractivity contribution in [2.75, 3.05) is 0 Å². The molecular formula is C16H20N2O2. The highest BCUT2D eigenvalue weighted by Gasteiger charge is 2.08. The Morgan fingerprint density at radius 2 is 2.10 bits per heavy atom. The molecule has 4 heteroatoms. The Balaban J connectivity index is 2.46. The molecular weight excluding hydrogens is 252 g/mol. The molecule has 1 N–H and O–H groups in total. The summed E-state index contributed by atoms with van der Waals surface area (Å²) in [5.41, 5.74) is 2.29. The van der Waals surface area contributed by atoms with Crippen molar-refractivity contribution in [3.8, 4) is 17.1 Å². The fraction of sp³-hybridized carbons (Fsp3) is 0.375. The second kappa shape index (κ2) is 5.90. The minimum atomic E-state index is -0.0815. The van der Waals surface area contributed by atoms with Crippen LogP contribution < -0.4 is 10.3 Å². The van der Waals surface area contributed by atoms with Gasteiger partial charge in [0.1, 0.15) is 11.6 Å². The number of hydrogen-bond donors (Lipinski definition) is 1. The number of aryl methyl sites for hydroxylation is 1. The predicted molar refractivity (Wildman–Crippen MR) is 80.2 cm³/mol. The summed E-state index contributed by atoms with van der Waals surface area (Å²) in [7, 11) is 0. The first-order valence-electron chi connectivity index (χ1n) is 6.88. The molecule has 2 aromatic rings. The highest BCUT2D eigenvalue weighted by Crippen LogP contribution is 2.21. The summed E-state index contributed by atoms with van der Waals surface area (Å²) in [4.78, 5) is 19.3. The summed E-state index contributed by atoms with van der Waals surface area (Å²) < 4.78 is 5.67. The van der Waals surface area contributed by atoms with Crippen LogP contribution in [0.25, 0.3) is 11.4 Å². The van der Waals surface area contributed by atoms with Gasteiger partial charge in [0, 0.05) is 11.1 Å². The summed E-state index contributed by atoms with van der Waals surface area (Å²) in [6.07, 6.45) is 0.853. The lowest BCUT2D eigenvalue weighted by Crippen LogP contribution is -2.15. The number of nitrogens with one attached hydrogen (secondary N) is 1. The van der Waals surface area contributed by atoms with Crippen molar-refractivity contribution >= 4 is 0 Å². The third-order valence-corrected chi connectivity index (χ3v) is 3.07. The highest BCUT2D eigenvalue weighted by atomic mass is 16.5. The van der Waals surface area contributed by atoms with Crippen molar-refractivity contribution in [3.63, 3.8) is 0 Å². The molecule has 0 spiro atoms. The second-order valence-electron chi connectivity index (χ2n) is 5.03. The third kappa shape index (κ3) is 3.07. The molecule has 0 atom stereocenters. The van der Waals surface area contributed by atoms with Crippen molar-refractivity contribution < 1.29 is 4.74 Å². The minimum Gasteiger partial charge on any atom is -0.491 e. The van der Waals surface area contributed by atoms with Crippen LogP contribution in [-0.4, -0.2) is 16.1 Å². The summed E-state index contributed by atoms with van der Waals surface area (Å²) in [5.74, 6) is 1.37. The monoisotopic (exact) mass is 272 g/mol. The standard InChI is InChI=1S/C16H20N2O2/c1-5-14-11(4)16(19)18-15(17-14)12-7-6-8-13(9-12)20-10(2)3/h6-10H,5H2,1-4H3,(H,17,18,19). The van der Waals surface area contributed by atoms with E-state index in [1.165, 1.54) is 0 Å². The molecule has 0 saturated heterocycles. The highest BCUT2D eigenvalue weighted by molar-refractivity contribution is 5.57. The summed E-state index contributed by atoms with van der Waals surface area (Å²) >= 11 is 0. The number of aromatic amines is 1. The van der Waals surface area contributed by atoms with Gasteiger partial charge in [0.15, 0.2) is 0 Å². The molecule has 0 amide bonds. The Labute approximate surface area is 118 Å². The normalized spacial score (nSPS) is 10.8. The van der Waals surface area contributed by atoms with Gasteiger partial charge in [-0.1, -0.05) is 19.1 Å². The van der Waals surface area contributed by atoms with E-state index in [1.54, 1.807) is 6.92 Å². The molecule has 0 radical (unpaired) electrons. The summed E-state index contributed by atoms with van der Waals surface area (Å²) in [6, 6.07) is 7.61. The van der Waals surface area contributed by atoms with Crippen LogP contribution in [0.2, 0.25) is 0 Å². The zero-order valence-corrected chi connectivity index (χ0v) is 12.4. The van der Waals surface area contributed by atoms with Gasteiger partial charge in [-0.25, -0.2) is 4.98 Å². The first kappa shape index (κ1) is 14.3. The zero-order valence-electron chi connectivity index (χ0n) is 12.4. The van der Waals surface area contributed by atoms with E-state index in [0.717, 1.165) is 23.4 Å². The largest absolute Gasteiger partial charge is 0.491 e. The molecule has 106 valence electrons. The predicted octanol–water partition coefficient (Wildman–Crippen LogP) is 3.09. The molecule has 0 bridgehead atoms. The molecule has 4 nitrogen and oxygen atoms in total. The molecule has 1 heterocycles. The molecule has 0 aliphatic carbocycles. The number of nitrogens with zero attached hydrogens (tertiary/aromatic N) is 1. The average molecular weight is 272 g/mol. The maximum absolute atomic E-state index is 11.9. The van der Waals surface area contributed by atoms with Crippen LogP contribution in [0.3, 0.4) is 0 Å². The number of ether oxygens (including phenoxy) is 1. The van der Waals surface area contributed by atoms with E-state index in [1.807, 2.05) is 45.0 Å². The van der Waals surface area contributed by atoms with Crippen LogP contribution in [0.4, 0.5) is 0 Å². The summed E-state index contributed by atoms with van der Waals surface area (Å²) in [6.45, 7) is 7.76. The molecule has 0 unspecified atom stereocenters. The molecule has 0 saturated carbocycles. The van der Waals surface area contributed by atoms with Crippen molar-refractivity contribution in [1.29, 1.82) is 0 Å². The quantitative estimate of drug-likeness (QED) is 0.930.